The van der Waals surface area contributed by atoms with Crippen LogP contribution in [-0.2, 0) is 38.4 Å². The number of hydrogen-bond donors (Lipinski definition) is 1. The Labute approximate surface area is 147 Å². The maximum Gasteiger partial charge on any atom is 0.310 e. The third-order valence-corrected chi connectivity index (χ3v) is 5.12. The van der Waals surface area contributed by atoms with E-state index in [0.29, 0.717) is 25.9 Å². The van der Waals surface area contributed by atoms with Crippen LogP contribution >= 0.6 is 0 Å². The quantitative estimate of drug-likeness (QED) is 0.807. The van der Waals surface area contributed by atoms with E-state index in [1.165, 1.54) is 17.5 Å². The van der Waals surface area contributed by atoms with E-state index in [-0.39, 0.29) is 30.8 Å². The Morgan fingerprint density at radius 1 is 1.12 bits per heavy atom. The van der Waals surface area contributed by atoms with E-state index in [2.05, 4.69) is 12.1 Å². The van der Waals surface area contributed by atoms with Crippen molar-refractivity contribution in [1.82, 2.24) is 4.90 Å². The molecule has 2 N–H and O–H groups in total. The molecule has 134 valence electrons. The van der Waals surface area contributed by atoms with Crippen LogP contribution in [0.1, 0.15) is 36.0 Å². The summed E-state index contributed by atoms with van der Waals surface area (Å²) in [5, 5.41) is 0. The van der Waals surface area contributed by atoms with Crippen LogP contribution in [-0.4, -0.2) is 42.4 Å². The molecule has 0 unspecified atom stereocenters. The van der Waals surface area contributed by atoms with Crippen LogP contribution < -0.4 is 5.73 Å². The van der Waals surface area contributed by atoms with Crippen molar-refractivity contribution >= 4 is 17.8 Å². The fourth-order valence-corrected chi connectivity index (χ4v) is 3.60. The number of hydrogen-bond acceptors (Lipinski definition) is 4. The average molecular weight is 344 g/mol. The molecule has 3 rings (SSSR count). The zero-order valence-corrected chi connectivity index (χ0v) is 14.3. The Morgan fingerprint density at radius 3 is 2.56 bits per heavy atom. The van der Waals surface area contributed by atoms with Gasteiger partial charge in [-0.3, -0.25) is 14.4 Å². The molecular formula is C19H24N2O4. The zero-order valence-electron chi connectivity index (χ0n) is 14.3. The SMILES string of the molecule is NC(=O)C1CCN(C(=O)COC(=O)Cc2ccc3c(c2)CCC3)CC1. The number of primary amides is 1. The van der Waals surface area contributed by atoms with Crippen LogP contribution in [0.4, 0.5) is 0 Å². The number of piperidine rings is 1. The first-order chi connectivity index (χ1) is 12.0. The number of ether oxygens (including phenoxy) is 1. The summed E-state index contributed by atoms with van der Waals surface area (Å²) in [5.74, 6) is -1.08. The van der Waals surface area contributed by atoms with Crippen LogP contribution in [0.3, 0.4) is 0 Å². The first-order valence-electron chi connectivity index (χ1n) is 8.86. The second-order valence-corrected chi connectivity index (χ2v) is 6.85. The molecule has 0 atom stereocenters. The number of aryl methyl sites for hydroxylation is 2. The van der Waals surface area contributed by atoms with E-state index in [4.69, 9.17) is 10.5 Å². The average Bonchev–Trinajstić information content (AvgIpc) is 3.07. The number of fused-ring (bicyclic) bond motifs is 1. The molecule has 1 aliphatic carbocycles. The molecule has 1 aromatic rings. The number of nitrogens with two attached hydrogens (primary N) is 1. The molecular weight excluding hydrogens is 320 g/mol. The van der Waals surface area contributed by atoms with Crippen molar-refractivity contribution in [1.29, 1.82) is 0 Å². The molecule has 0 bridgehead atoms. The normalized spacial score (nSPS) is 17.2. The van der Waals surface area contributed by atoms with E-state index in [1.807, 2.05) is 6.07 Å². The summed E-state index contributed by atoms with van der Waals surface area (Å²) in [4.78, 5) is 36.9. The lowest BCUT2D eigenvalue weighted by molar-refractivity contribution is -0.152. The number of nitrogens with zero attached hydrogens (tertiary/aromatic N) is 1. The van der Waals surface area contributed by atoms with Crippen molar-refractivity contribution in [3.63, 3.8) is 0 Å². The van der Waals surface area contributed by atoms with Gasteiger partial charge in [0.05, 0.1) is 6.42 Å². The predicted molar refractivity (Wildman–Crippen MR) is 91.6 cm³/mol. The molecule has 0 aromatic heterocycles. The lowest BCUT2D eigenvalue weighted by atomic mass is 9.96. The topological polar surface area (TPSA) is 89.7 Å². The Kier molecular flexibility index (Phi) is 5.36. The molecule has 1 saturated heterocycles. The van der Waals surface area contributed by atoms with Crippen molar-refractivity contribution in [2.75, 3.05) is 19.7 Å². The van der Waals surface area contributed by atoms with E-state index < -0.39 is 5.97 Å². The van der Waals surface area contributed by atoms with Crippen molar-refractivity contribution in [2.45, 2.75) is 38.5 Å². The Bertz CT molecular complexity index is 678. The van der Waals surface area contributed by atoms with Crippen molar-refractivity contribution in [3.05, 3.63) is 34.9 Å². The minimum Gasteiger partial charge on any atom is -0.455 e. The lowest BCUT2D eigenvalue weighted by Gasteiger charge is -2.30. The molecule has 2 aliphatic rings. The van der Waals surface area contributed by atoms with Gasteiger partial charge in [0.1, 0.15) is 0 Å². The van der Waals surface area contributed by atoms with Gasteiger partial charge in [0, 0.05) is 19.0 Å². The van der Waals surface area contributed by atoms with Crippen molar-refractivity contribution in [2.24, 2.45) is 11.7 Å². The summed E-state index contributed by atoms with van der Waals surface area (Å²) in [6, 6.07) is 6.11. The summed E-state index contributed by atoms with van der Waals surface area (Å²) in [5.41, 5.74) is 8.90. The monoisotopic (exact) mass is 344 g/mol. The second-order valence-electron chi connectivity index (χ2n) is 6.85. The number of rotatable bonds is 5. The second kappa shape index (κ2) is 7.68. The fourth-order valence-electron chi connectivity index (χ4n) is 3.60. The van der Waals surface area contributed by atoms with Gasteiger partial charge in [0.2, 0.25) is 5.91 Å². The van der Waals surface area contributed by atoms with Gasteiger partial charge in [-0.15, -0.1) is 0 Å². The van der Waals surface area contributed by atoms with Gasteiger partial charge in [0.15, 0.2) is 6.61 Å². The first kappa shape index (κ1) is 17.5. The molecule has 1 aliphatic heterocycles. The van der Waals surface area contributed by atoms with Gasteiger partial charge in [-0.05, 0) is 48.8 Å². The number of carbonyl (C=O) groups excluding carboxylic acids is 3. The highest BCUT2D eigenvalue weighted by molar-refractivity contribution is 5.82. The molecule has 2 amide bonds. The van der Waals surface area contributed by atoms with Crippen molar-refractivity contribution < 1.29 is 19.1 Å². The molecule has 1 heterocycles. The molecule has 6 nitrogen and oxygen atoms in total. The zero-order chi connectivity index (χ0) is 17.8. The highest BCUT2D eigenvalue weighted by Crippen LogP contribution is 2.23. The maximum absolute atomic E-state index is 12.1. The van der Waals surface area contributed by atoms with Gasteiger partial charge in [-0.2, -0.15) is 0 Å². The number of esters is 1. The summed E-state index contributed by atoms with van der Waals surface area (Å²) < 4.78 is 5.13. The van der Waals surface area contributed by atoms with E-state index in [1.54, 1.807) is 4.90 Å². The Balaban J connectivity index is 1.43. The maximum atomic E-state index is 12.1. The number of amides is 2. The minimum absolute atomic E-state index is 0.161. The van der Waals surface area contributed by atoms with E-state index in [9.17, 15) is 14.4 Å². The number of benzene rings is 1. The lowest BCUT2D eigenvalue weighted by Crippen LogP contribution is -2.43. The van der Waals surface area contributed by atoms with Crippen molar-refractivity contribution in [3.8, 4) is 0 Å². The number of likely N-dealkylation sites (tertiary alicyclic amines) is 1. The summed E-state index contributed by atoms with van der Waals surface area (Å²) in [6.45, 7) is 0.717. The van der Waals surface area contributed by atoms with Gasteiger partial charge in [0.25, 0.3) is 5.91 Å². The minimum atomic E-state index is -0.390. The van der Waals surface area contributed by atoms with Crippen LogP contribution in [0.2, 0.25) is 0 Å². The smallest absolute Gasteiger partial charge is 0.310 e. The molecule has 1 aromatic carbocycles. The number of carbonyl (C=O) groups is 3. The predicted octanol–water partition coefficient (Wildman–Crippen LogP) is 0.985. The standard InChI is InChI=1S/C19H24N2O4/c20-19(24)15-6-8-21(9-7-15)17(22)12-25-18(23)11-13-4-5-14-2-1-3-16(14)10-13/h4-5,10,15H,1-3,6-9,11-12H2,(H2,20,24). The Hall–Kier alpha value is -2.37. The third-order valence-electron chi connectivity index (χ3n) is 5.12. The fraction of sp³-hybridized carbons (Fsp3) is 0.526. The third kappa shape index (κ3) is 4.38. The molecule has 0 radical (unpaired) electrons. The molecule has 0 spiro atoms. The van der Waals surface area contributed by atoms with Crippen LogP contribution in [0.5, 0.6) is 0 Å². The molecule has 25 heavy (non-hydrogen) atoms. The van der Waals surface area contributed by atoms with Crippen LogP contribution in [0, 0.1) is 5.92 Å². The first-order valence-corrected chi connectivity index (χ1v) is 8.86. The van der Waals surface area contributed by atoms with Crippen LogP contribution in [0.15, 0.2) is 18.2 Å². The molecule has 6 heteroatoms. The van der Waals surface area contributed by atoms with Gasteiger partial charge in [-0.25, -0.2) is 0 Å². The van der Waals surface area contributed by atoms with Gasteiger partial charge >= 0.3 is 5.97 Å². The highest BCUT2D eigenvalue weighted by atomic mass is 16.5. The van der Waals surface area contributed by atoms with E-state index in [0.717, 1.165) is 18.4 Å². The van der Waals surface area contributed by atoms with Crippen LogP contribution in [0.25, 0.3) is 0 Å². The van der Waals surface area contributed by atoms with Gasteiger partial charge < -0.3 is 15.4 Å². The summed E-state index contributed by atoms with van der Waals surface area (Å²) in [7, 11) is 0. The Morgan fingerprint density at radius 2 is 1.84 bits per heavy atom. The highest BCUT2D eigenvalue weighted by Gasteiger charge is 2.26. The summed E-state index contributed by atoms with van der Waals surface area (Å²) >= 11 is 0. The molecule has 0 saturated carbocycles. The van der Waals surface area contributed by atoms with E-state index >= 15 is 0 Å². The largest absolute Gasteiger partial charge is 0.455 e. The molecule has 1 fully saturated rings. The summed E-state index contributed by atoms with van der Waals surface area (Å²) in [6.07, 6.45) is 4.68. The van der Waals surface area contributed by atoms with Gasteiger partial charge in [-0.1, -0.05) is 18.2 Å².